The minimum Gasteiger partial charge on any atom is -0.481 e. The molecule has 2 aliphatic rings. The van der Waals surface area contributed by atoms with Crippen molar-refractivity contribution in [3.63, 3.8) is 0 Å². The van der Waals surface area contributed by atoms with Crippen molar-refractivity contribution in [1.29, 1.82) is 0 Å². The number of oxazole rings is 1. The van der Waals surface area contributed by atoms with Crippen LogP contribution in [0.5, 0.6) is 0 Å². The standard InChI is InChI=1S/C44H54N4O9/c49-41(50)18-22-54-24-26-56-28-27-55-25-23-53-21-8-10-32-9-6-13-34(29-32)42(51)46-39-17-16-35(48-19-4-1-5-20-48)30-37(39)44-45-31-40(57-44)43(52)47-38-15-7-12-33-11-2-3-14-36(33)38/h2-3,6,9,11,13-14,16-17,29-31,38H,1,4-5,7-8,10,12,15,18-28H2,(H,46,51)(H,47,52)(H,49,50)/t38-/m0/s1. The van der Waals surface area contributed by atoms with Gasteiger partial charge < -0.3 is 44.0 Å². The Balaban J connectivity index is 0.997. The van der Waals surface area contributed by atoms with Crippen LogP contribution in [0.1, 0.15) is 88.6 Å². The molecule has 1 aliphatic carbocycles. The largest absolute Gasteiger partial charge is 0.481 e. The van der Waals surface area contributed by atoms with E-state index in [1.165, 1.54) is 18.2 Å². The average molecular weight is 783 g/mol. The lowest BCUT2D eigenvalue weighted by Crippen LogP contribution is -2.30. The Labute approximate surface area is 334 Å². The molecule has 1 aliphatic heterocycles. The zero-order valence-corrected chi connectivity index (χ0v) is 32.5. The number of amides is 2. The van der Waals surface area contributed by atoms with Crippen LogP contribution in [-0.2, 0) is 36.6 Å². The summed E-state index contributed by atoms with van der Waals surface area (Å²) >= 11 is 0. The lowest BCUT2D eigenvalue weighted by molar-refractivity contribution is -0.138. The molecular formula is C44H54N4O9. The number of carbonyl (C=O) groups excluding carboxylic acids is 2. The smallest absolute Gasteiger partial charge is 0.305 e. The lowest BCUT2D eigenvalue weighted by Gasteiger charge is -2.29. The number of aliphatic carboxylic acids is 1. The third-order valence-corrected chi connectivity index (χ3v) is 10.1. The summed E-state index contributed by atoms with van der Waals surface area (Å²) in [7, 11) is 0. The van der Waals surface area contributed by atoms with Crippen molar-refractivity contribution in [3.05, 3.63) is 101 Å². The van der Waals surface area contributed by atoms with E-state index in [0.29, 0.717) is 63.1 Å². The summed E-state index contributed by atoms with van der Waals surface area (Å²) in [6.45, 7) is 5.14. The zero-order valence-electron chi connectivity index (χ0n) is 32.5. The number of fused-ring (bicyclic) bond motifs is 1. The summed E-state index contributed by atoms with van der Waals surface area (Å²) in [6.07, 6.45) is 9.28. The summed E-state index contributed by atoms with van der Waals surface area (Å²) in [6, 6.07) is 21.6. The molecule has 13 heteroatoms. The number of hydrogen-bond donors (Lipinski definition) is 3. The summed E-state index contributed by atoms with van der Waals surface area (Å²) in [5.41, 5.74) is 6.13. The van der Waals surface area contributed by atoms with Crippen LogP contribution in [0, 0.1) is 0 Å². The number of carbonyl (C=O) groups is 3. The van der Waals surface area contributed by atoms with E-state index in [4.69, 9.17) is 28.5 Å². The molecule has 2 heterocycles. The van der Waals surface area contributed by atoms with Gasteiger partial charge in [-0.3, -0.25) is 14.4 Å². The molecule has 1 atom stereocenters. The van der Waals surface area contributed by atoms with Crippen LogP contribution < -0.4 is 15.5 Å². The van der Waals surface area contributed by atoms with Crippen LogP contribution in [0.2, 0.25) is 0 Å². The molecule has 0 unspecified atom stereocenters. The number of carboxylic acids is 1. The van der Waals surface area contributed by atoms with Gasteiger partial charge in [0.05, 0.1) is 76.2 Å². The lowest BCUT2D eigenvalue weighted by atomic mass is 9.88. The van der Waals surface area contributed by atoms with E-state index in [-0.39, 0.29) is 42.5 Å². The van der Waals surface area contributed by atoms with Crippen molar-refractivity contribution in [2.45, 2.75) is 63.8 Å². The molecule has 0 bridgehead atoms. The van der Waals surface area contributed by atoms with Crippen LogP contribution in [-0.4, -0.2) is 93.8 Å². The second-order valence-corrected chi connectivity index (χ2v) is 14.3. The second-order valence-electron chi connectivity index (χ2n) is 14.3. The zero-order chi connectivity index (χ0) is 39.7. The highest BCUT2D eigenvalue weighted by molar-refractivity contribution is 6.06. The number of hydrogen-bond acceptors (Lipinski definition) is 10. The van der Waals surface area contributed by atoms with Gasteiger partial charge in [0.15, 0.2) is 0 Å². The molecule has 6 rings (SSSR count). The number of nitrogens with zero attached hydrogens (tertiary/aromatic N) is 2. The highest BCUT2D eigenvalue weighted by Crippen LogP contribution is 2.34. The van der Waals surface area contributed by atoms with Gasteiger partial charge >= 0.3 is 5.97 Å². The van der Waals surface area contributed by atoms with Gasteiger partial charge in [-0.2, -0.15) is 0 Å². The Hall–Kier alpha value is -5.08. The van der Waals surface area contributed by atoms with Crippen LogP contribution in [0.4, 0.5) is 11.4 Å². The van der Waals surface area contributed by atoms with E-state index in [2.05, 4.69) is 32.7 Å². The van der Waals surface area contributed by atoms with Crippen molar-refractivity contribution < 1.29 is 42.9 Å². The monoisotopic (exact) mass is 782 g/mol. The van der Waals surface area contributed by atoms with E-state index in [1.807, 2.05) is 48.5 Å². The summed E-state index contributed by atoms with van der Waals surface area (Å²) in [4.78, 5) is 44.4. The summed E-state index contributed by atoms with van der Waals surface area (Å²) < 4.78 is 28.0. The Morgan fingerprint density at radius 1 is 0.789 bits per heavy atom. The van der Waals surface area contributed by atoms with Gasteiger partial charge in [-0.05, 0) is 98.4 Å². The number of piperidine rings is 1. The molecule has 1 aromatic heterocycles. The van der Waals surface area contributed by atoms with Gasteiger partial charge in [-0.1, -0.05) is 36.4 Å². The first-order valence-corrected chi connectivity index (χ1v) is 20.1. The third kappa shape index (κ3) is 12.7. The van der Waals surface area contributed by atoms with Crippen LogP contribution in [0.15, 0.2) is 77.3 Å². The first-order valence-electron chi connectivity index (χ1n) is 20.1. The minimum atomic E-state index is -0.883. The van der Waals surface area contributed by atoms with Crippen molar-refractivity contribution in [1.82, 2.24) is 10.3 Å². The highest BCUT2D eigenvalue weighted by atomic mass is 16.6. The molecule has 13 nitrogen and oxygen atoms in total. The number of anilines is 2. The Bertz CT molecular complexity index is 1910. The van der Waals surface area contributed by atoms with Crippen LogP contribution in [0.25, 0.3) is 11.5 Å². The van der Waals surface area contributed by atoms with Gasteiger partial charge in [0.25, 0.3) is 11.8 Å². The normalized spacial score (nSPS) is 15.2. The fourth-order valence-corrected chi connectivity index (χ4v) is 7.17. The molecule has 0 radical (unpaired) electrons. The molecule has 2 amide bonds. The number of aryl methyl sites for hydroxylation is 2. The molecular weight excluding hydrogens is 729 g/mol. The first-order chi connectivity index (χ1) is 27.9. The van der Waals surface area contributed by atoms with E-state index in [0.717, 1.165) is 74.8 Å². The van der Waals surface area contributed by atoms with E-state index in [1.54, 1.807) is 6.07 Å². The predicted molar refractivity (Wildman–Crippen MR) is 216 cm³/mol. The Morgan fingerprint density at radius 3 is 2.30 bits per heavy atom. The van der Waals surface area contributed by atoms with E-state index >= 15 is 0 Å². The number of nitrogens with one attached hydrogen (secondary N) is 2. The maximum absolute atomic E-state index is 13.7. The molecule has 1 fully saturated rings. The fraction of sp³-hybridized carbons (Fsp3) is 0.455. The number of carboxylic acid groups (broad SMARTS) is 1. The van der Waals surface area contributed by atoms with Gasteiger partial charge in [0.2, 0.25) is 11.7 Å². The minimum absolute atomic E-state index is 0.0170. The van der Waals surface area contributed by atoms with Crippen molar-refractivity contribution in [2.24, 2.45) is 0 Å². The van der Waals surface area contributed by atoms with Gasteiger partial charge in [0.1, 0.15) is 0 Å². The maximum Gasteiger partial charge on any atom is 0.305 e. The van der Waals surface area contributed by atoms with Crippen molar-refractivity contribution in [2.75, 3.05) is 76.2 Å². The predicted octanol–water partition coefficient (Wildman–Crippen LogP) is 6.87. The number of benzene rings is 3. The second kappa shape index (κ2) is 22.0. The van der Waals surface area contributed by atoms with E-state index in [9.17, 15) is 14.4 Å². The summed E-state index contributed by atoms with van der Waals surface area (Å²) in [5, 5.41) is 14.8. The van der Waals surface area contributed by atoms with E-state index < -0.39 is 5.97 Å². The average Bonchev–Trinajstić information content (AvgIpc) is 3.73. The first kappa shape index (κ1) is 41.6. The van der Waals surface area contributed by atoms with Crippen molar-refractivity contribution >= 4 is 29.2 Å². The summed E-state index contributed by atoms with van der Waals surface area (Å²) in [5.74, 6) is -1.07. The quantitative estimate of drug-likeness (QED) is 0.0714. The molecule has 304 valence electrons. The molecule has 1 saturated heterocycles. The Kier molecular flexibility index (Phi) is 16.0. The molecule has 0 spiro atoms. The third-order valence-electron chi connectivity index (χ3n) is 10.1. The van der Waals surface area contributed by atoms with Crippen molar-refractivity contribution in [3.8, 4) is 11.5 Å². The molecule has 0 saturated carbocycles. The fourth-order valence-electron chi connectivity index (χ4n) is 7.17. The van der Waals surface area contributed by atoms with Gasteiger partial charge in [0, 0.05) is 30.9 Å². The molecule has 57 heavy (non-hydrogen) atoms. The van der Waals surface area contributed by atoms with Crippen LogP contribution in [0.3, 0.4) is 0 Å². The molecule has 3 N–H and O–H groups in total. The highest BCUT2D eigenvalue weighted by Gasteiger charge is 2.25. The Morgan fingerprint density at radius 2 is 1.53 bits per heavy atom. The van der Waals surface area contributed by atoms with Gasteiger partial charge in [-0.25, -0.2) is 4.98 Å². The molecule has 4 aromatic rings. The number of aromatic nitrogens is 1. The number of ether oxygens (including phenoxy) is 4. The van der Waals surface area contributed by atoms with Crippen LogP contribution >= 0.6 is 0 Å². The SMILES string of the molecule is O=C(O)CCOCCOCCOCCOCCCc1cccc(C(=O)Nc2ccc(N3CCCCC3)cc2-c2ncc(C(=O)N[C@H]3CCCc4ccccc43)o2)c1. The molecule has 3 aromatic carbocycles. The topological polar surface area (TPSA) is 162 Å². The maximum atomic E-state index is 13.7. The number of rotatable bonds is 22. The van der Waals surface area contributed by atoms with Gasteiger partial charge in [-0.15, -0.1) is 0 Å².